The fourth-order valence-electron chi connectivity index (χ4n) is 2.14. The molecule has 7 heteroatoms. The van der Waals surface area contributed by atoms with Gasteiger partial charge >= 0.3 is 5.97 Å². The largest absolute Gasteiger partial charge is 0.467 e. The Morgan fingerprint density at radius 2 is 2.42 bits per heavy atom. The fraction of sp³-hybridized carbons (Fsp3) is 0.750. The summed E-state index contributed by atoms with van der Waals surface area (Å²) < 4.78 is 12.0. The highest BCUT2D eigenvalue weighted by Crippen LogP contribution is 2.12. The second-order valence-corrected chi connectivity index (χ2v) is 4.83. The van der Waals surface area contributed by atoms with E-state index in [0.717, 1.165) is 12.4 Å². The predicted octanol–water partition coefficient (Wildman–Crippen LogP) is 0.233. The van der Waals surface area contributed by atoms with E-state index in [2.05, 4.69) is 28.8 Å². The van der Waals surface area contributed by atoms with Gasteiger partial charge in [-0.3, -0.25) is 4.90 Å². The van der Waals surface area contributed by atoms with Gasteiger partial charge in [0.15, 0.2) is 6.10 Å². The van der Waals surface area contributed by atoms with Gasteiger partial charge in [0.2, 0.25) is 0 Å². The maximum absolute atomic E-state index is 11.5. The number of nitrogens with zero attached hydrogens (tertiary/aromatic N) is 4. The van der Waals surface area contributed by atoms with Crippen molar-refractivity contribution < 1.29 is 14.3 Å². The van der Waals surface area contributed by atoms with Crippen LogP contribution in [0.3, 0.4) is 0 Å². The molecule has 7 nitrogen and oxygen atoms in total. The predicted molar refractivity (Wildman–Crippen MR) is 67.4 cm³/mol. The molecule has 0 radical (unpaired) electrons. The van der Waals surface area contributed by atoms with Crippen LogP contribution in [0.25, 0.3) is 0 Å². The lowest BCUT2D eigenvalue weighted by Gasteiger charge is -2.31. The van der Waals surface area contributed by atoms with Crippen molar-refractivity contribution in [1.29, 1.82) is 0 Å². The molecule has 2 heterocycles. The molecule has 2 rings (SSSR count). The molecule has 1 unspecified atom stereocenters. The maximum atomic E-state index is 11.5. The van der Waals surface area contributed by atoms with Gasteiger partial charge in [-0.15, -0.1) is 0 Å². The van der Waals surface area contributed by atoms with Crippen LogP contribution >= 0.6 is 0 Å². The third-order valence-electron chi connectivity index (χ3n) is 3.12. The molecular weight excluding hydrogens is 248 g/mol. The van der Waals surface area contributed by atoms with E-state index in [0.29, 0.717) is 19.7 Å². The number of hydrogen-bond donors (Lipinski definition) is 0. The van der Waals surface area contributed by atoms with Crippen molar-refractivity contribution in [1.82, 2.24) is 19.7 Å². The Labute approximate surface area is 112 Å². The Morgan fingerprint density at radius 1 is 1.63 bits per heavy atom. The van der Waals surface area contributed by atoms with Gasteiger partial charge in [-0.25, -0.2) is 14.5 Å². The molecule has 19 heavy (non-hydrogen) atoms. The van der Waals surface area contributed by atoms with Gasteiger partial charge in [0.25, 0.3) is 0 Å². The summed E-state index contributed by atoms with van der Waals surface area (Å²) in [6, 6.07) is 0.273. The van der Waals surface area contributed by atoms with Crippen LogP contribution in [-0.4, -0.2) is 58.5 Å². The lowest BCUT2D eigenvalue weighted by Crippen LogP contribution is -2.46. The van der Waals surface area contributed by atoms with Gasteiger partial charge in [0.05, 0.1) is 20.3 Å². The number of carbonyl (C=O) groups excluding carboxylic acids is 1. The van der Waals surface area contributed by atoms with Gasteiger partial charge in [-0.1, -0.05) is 0 Å². The summed E-state index contributed by atoms with van der Waals surface area (Å²) >= 11 is 0. The zero-order valence-corrected chi connectivity index (χ0v) is 11.6. The van der Waals surface area contributed by atoms with Crippen LogP contribution in [0.5, 0.6) is 0 Å². The van der Waals surface area contributed by atoms with Crippen molar-refractivity contribution in [2.75, 3.05) is 26.8 Å². The molecule has 0 saturated carbocycles. The molecule has 0 bridgehead atoms. The average molecular weight is 268 g/mol. The monoisotopic (exact) mass is 268 g/mol. The standard InChI is InChI=1S/C12H20N4O3/c1-9(2)16-11(13-8-14-16)7-15-4-5-19-10(6-15)12(17)18-3/h8-10H,4-7H2,1-3H3. The Kier molecular flexibility index (Phi) is 4.49. The molecule has 0 aliphatic carbocycles. The normalized spacial score (nSPS) is 20.7. The molecule has 0 spiro atoms. The second kappa shape index (κ2) is 6.12. The Bertz CT molecular complexity index is 432. The number of aromatic nitrogens is 3. The summed E-state index contributed by atoms with van der Waals surface area (Å²) in [5, 5.41) is 4.21. The highest BCUT2D eigenvalue weighted by molar-refractivity contribution is 5.74. The highest BCUT2D eigenvalue weighted by Gasteiger charge is 2.28. The van der Waals surface area contributed by atoms with Crippen molar-refractivity contribution in [3.05, 3.63) is 12.2 Å². The summed E-state index contributed by atoms with van der Waals surface area (Å²) in [7, 11) is 1.38. The van der Waals surface area contributed by atoms with Gasteiger partial charge in [0, 0.05) is 19.1 Å². The van der Waals surface area contributed by atoms with E-state index in [4.69, 9.17) is 9.47 Å². The van der Waals surface area contributed by atoms with Crippen LogP contribution in [0.2, 0.25) is 0 Å². The molecule has 1 aromatic heterocycles. The minimum atomic E-state index is -0.505. The van der Waals surface area contributed by atoms with E-state index in [-0.39, 0.29) is 12.0 Å². The lowest BCUT2D eigenvalue weighted by atomic mass is 10.2. The second-order valence-electron chi connectivity index (χ2n) is 4.83. The molecule has 0 N–H and O–H groups in total. The SMILES string of the molecule is COC(=O)C1CN(Cc2ncnn2C(C)C)CCO1. The summed E-state index contributed by atoms with van der Waals surface area (Å²) in [5.41, 5.74) is 0. The van der Waals surface area contributed by atoms with Gasteiger partial charge < -0.3 is 9.47 Å². The number of rotatable bonds is 4. The van der Waals surface area contributed by atoms with Crippen molar-refractivity contribution >= 4 is 5.97 Å². The van der Waals surface area contributed by atoms with Crippen LogP contribution in [0.4, 0.5) is 0 Å². The Balaban J connectivity index is 1.99. The zero-order valence-electron chi connectivity index (χ0n) is 11.6. The molecule has 1 aliphatic rings. The van der Waals surface area contributed by atoms with Crippen molar-refractivity contribution in [2.24, 2.45) is 0 Å². The smallest absolute Gasteiger partial charge is 0.336 e. The number of esters is 1. The van der Waals surface area contributed by atoms with E-state index in [1.807, 2.05) is 4.68 Å². The van der Waals surface area contributed by atoms with E-state index in [1.54, 1.807) is 6.33 Å². The number of morpholine rings is 1. The highest BCUT2D eigenvalue weighted by atomic mass is 16.6. The van der Waals surface area contributed by atoms with E-state index < -0.39 is 6.10 Å². The summed E-state index contributed by atoms with van der Waals surface area (Å²) in [6.07, 6.45) is 1.06. The molecule has 0 aromatic carbocycles. The van der Waals surface area contributed by atoms with Crippen LogP contribution in [0.1, 0.15) is 25.7 Å². The fourth-order valence-corrected chi connectivity index (χ4v) is 2.14. The molecular formula is C12H20N4O3. The summed E-state index contributed by atoms with van der Waals surface area (Å²) in [6.45, 7) is 6.62. The summed E-state index contributed by atoms with van der Waals surface area (Å²) in [5.74, 6) is 0.579. The van der Waals surface area contributed by atoms with Crippen LogP contribution in [-0.2, 0) is 20.8 Å². The quantitative estimate of drug-likeness (QED) is 0.728. The third-order valence-corrected chi connectivity index (χ3v) is 3.12. The minimum Gasteiger partial charge on any atom is -0.467 e. The maximum Gasteiger partial charge on any atom is 0.336 e. The van der Waals surface area contributed by atoms with Crippen LogP contribution < -0.4 is 0 Å². The number of hydrogen-bond acceptors (Lipinski definition) is 6. The summed E-state index contributed by atoms with van der Waals surface area (Å²) in [4.78, 5) is 17.9. The first-order chi connectivity index (χ1) is 9.11. The molecule has 1 fully saturated rings. The molecule has 0 amide bonds. The van der Waals surface area contributed by atoms with Gasteiger partial charge in [-0.05, 0) is 13.8 Å². The molecule has 1 aliphatic heterocycles. The Hall–Kier alpha value is -1.47. The van der Waals surface area contributed by atoms with Crippen molar-refractivity contribution in [3.63, 3.8) is 0 Å². The number of ether oxygens (including phenoxy) is 2. The molecule has 1 aromatic rings. The first-order valence-corrected chi connectivity index (χ1v) is 6.42. The first kappa shape index (κ1) is 14.0. The van der Waals surface area contributed by atoms with E-state index in [9.17, 15) is 4.79 Å². The van der Waals surface area contributed by atoms with Gasteiger partial charge in [-0.2, -0.15) is 5.10 Å². The Morgan fingerprint density at radius 3 is 3.11 bits per heavy atom. The van der Waals surface area contributed by atoms with Crippen LogP contribution in [0, 0.1) is 0 Å². The van der Waals surface area contributed by atoms with Gasteiger partial charge in [0.1, 0.15) is 12.2 Å². The first-order valence-electron chi connectivity index (χ1n) is 6.42. The minimum absolute atomic E-state index is 0.273. The van der Waals surface area contributed by atoms with E-state index >= 15 is 0 Å². The molecule has 1 saturated heterocycles. The molecule has 1 atom stereocenters. The van der Waals surface area contributed by atoms with Crippen LogP contribution in [0.15, 0.2) is 6.33 Å². The van der Waals surface area contributed by atoms with Crippen molar-refractivity contribution in [2.45, 2.75) is 32.5 Å². The lowest BCUT2D eigenvalue weighted by molar-refractivity contribution is -0.160. The third kappa shape index (κ3) is 3.30. The topological polar surface area (TPSA) is 69.5 Å². The average Bonchev–Trinajstić information content (AvgIpc) is 2.86. The number of methoxy groups -OCH3 is 1. The molecule has 106 valence electrons. The van der Waals surface area contributed by atoms with E-state index in [1.165, 1.54) is 7.11 Å². The number of carbonyl (C=O) groups is 1. The van der Waals surface area contributed by atoms with Crippen molar-refractivity contribution in [3.8, 4) is 0 Å². The zero-order chi connectivity index (χ0) is 13.8.